The van der Waals surface area contributed by atoms with Crippen molar-refractivity contribution < 1.29 is 13.5 Å². The Labute approximate surface area is 105 Å². The Bertz CT molecular complexity index is 455. The fourth-order valence-electron chi connectivity index (χ4n) is 2.22. The summed E-state index contributed by atoms with van der Waals surface area (Å²) in [7, 11) is 1.67. The molecule has 0 amide bonds. The van der Waals surface area contributed by atoms with Gasteiger partial charge in [0.05, 0.1) is 11.6 Å². The van der Waals surface area contributed by atoms with E-state index in [4.69, 9.17) is 10.00 Å². The van der Waals surface area contributed by atoms with Crippen LogP contribution in [-0.4, -0.2) is 26.3 Å². The minimum Gasteiger partial charge on any atom is -0.381 e. The summed E-state index contributed by atoms with van der Waals surface area (Å²) in [6.07, 6.45) is 1.49. The van der Waals surface area contributed by atoms with Crippen molar-refractivity contribution in [3.05, 3.63) is 29.3 Å². The molecule has 1 aliphatic rings. The van der Waals surface area contributed by atoms with Crippen molar-refractivity contribution in [1.82, 2.24) is 0 Å². The summed E-state index contributed by atoms with van der Waals surface area (Å²) in [4.78, 5) is 1.61. The van der Waals surface area contributed by atoms with Crippen molar-refractivity contribution in [3.63, 3.8) is 0 Å². The van der Waals surface area contributed by atoms with Crippen LogP contribution in [0.2, 0.25) is 0 Å². The van der Waals surface area contributed by atoms with Gasteiger partial charge in [-0.05, 0) is 25.0 Å². The normalized spacial score (nSPS) is 16.3. The van der Waals surface area contributed by atoms with Crippen LogP contribution in [0.25, 0.3) is 0 Å². The first-order valence-corrected chi connectivity index (χ1v) is 5.83. The van der Waals surface area contributed by atoms with Gasteiger partial charge in [0.15, 0.2) is 11.6 Å². The maximum Gasteiger partial charge on any atom is 0.150 e. The first kappa shape index (κ1) is 12.8. The third kappa shape index (κ3) is 2.44. The zero-order valence-corrected chi connectivity index (χ0v) is 10.1. The molecule has 18 heavy (non-hydrogen) atoms. The van der Waals surface area contributed by atoms with E-state index < -0.39 is 11.6 Å². The van der Waals surface area contributed by atoms with Crippen LogP contribution in [0.15, 0.2) is 12.1 Å². The molecule has 0 bridgehead atoms. The van der Waals surface area contributed by atoms with Crippen molar-refractivity contribution in [1.29, 1.82) is 5.26 Å². The highest BCUT2D eigenvalue weighted by molar-refractivity contribution is 5.52. The van der Waals surface area contributed by atoms with Crippen LogP contribution < -0.4 is 4.90 Å². The van der Waals surface area contributed by atoms with E-state index in [0.717, 1.165) is 25.0 Å². The second kappa shape index (κ2) is 5.32. The molecule has 0 spiro atoms. The fourth-order valence-corrected chi connectivity index (χ4v) is 2.22. The highest BCUT2D eigenvalue weighted by atomic mass is 19.1. The summed E-state index contributed by atoms with van der Waals surface area (Å²) in [6, 6.07) is 3.93. The highest BCUT2D eigenvalue weighted by Gasteiger charge is 2.23. The highest BCUT2D eigenvalue weighted by Crippen LogP contribution is 2.28. The smallest absolute Gasteiger partial charge is 0.150 e. The average molecular weight is 252 g/mol. The Morgan fingerprint density at radius 3 is 2.33 bits per heavy atom. The molecule has 5 heteroatoms. The second-order valence-corrected chi connectivity index (χ2v) is 4.35. The van der Waals surface area contributed by atoms with Crippen molar-refractivity contribution in [3.8, 4) is 6.07 Å². The first-order chi connectivity index (χ1) is 8.63. The Kier molecular flexibility index (Phi) is 3.78. The summed E-state index contributed by atoms with van der Waals surface area (Å²) in [5, 5.41) is 8.65. The maximum absolute atomic E-state index is 13.8. The molecule has 1 aliphatic heterocycles. The Balaban J connectivity index is 2.29. The average Bonchev–Trinajstić information content (AvgIpc) is 2.38. The molecule has 96 valence electrons. The summed E-state index contributed by atoms with van der Waals surface area (Å²) in [6.45, 7) is 1.21. The number of hydrogen-bond acceptors (Lipinski definition) is 3. The topological polar surface area (TPSA) is 36.3 Å². The number of ether oxygens (including phenoxy) is 1. The number of hydrogen-bond donors (Lipinski definition) is 0. The van der Waals surface area contributed by atoms with Gasteiger partial charge in [0, 0.05) is 26.3 Å². The molecule has 2 rings (SSSR count). The third-order valence-corrected chi connectivity index (χ3v) is 3.24. The van der Waals surface area contributed by atoms with E-state index in [1.165, 1.54) is 0 Å². The van der Waals surface area contributed by atoms with Gasteiger partial charge in [0.1, 0.15) is 5.69 Å². The van der Waals surface area contributed by atoms with Crippen LogP contribution in [0.4, 0.5) is 14.5 Å². The quantitative estimate of drug-likeness (QED) is 0.811. The molecular weight excluding hydrogens is 238 g/mol. The van der Waals surface area contributed by atoms with Crippen LogP contribution in [-0.2, 0) is 4.74 Å². The maximum atomic E-state index is 13.8. The van der Waals surface area contributed by atoms with Gasteiger partial charge in [-0.1, -0.05) is 0 Å². The third-order valence-electron chi connectivity index (χ3n) is 3.24. The Hall–Kier alpha value is -1.67. The molecule has 3 nitrogen and oxygen atoms in total. The van der Waals surface area contributed by atoms with Gasteiger partial charge in [-0.15, -0.1) is 0 Å². The van der Waals surface area contributed by atoms with E-state index in [2.05, 4.69) is 0 Å². The van der Waals surface area contributed by atoms with Crippen molar-refractivity contribution in [2.75, 3.05) is 25.2 Å². The molecule has 0 N–H and O–H groups in total. The number of nitriles is 1. The Morgan fingerprint density at radius 2 is 1.83 bits per heavy atom. The van der Waals surface area contributed by atoms with E-state index in [1.807, 2.05) is 0 Å². The van der Waals surface area contributed by atoms with Crippen LogP contribution in [0.5, 0.6) is 0 Å². The first-order valence-electron chi connectivity index (χ1n) is 5.83. The minimum absolute atomic E-state index is 0.00544. The summed E-state index contributed by atoms with van der Waals surface area (Å²) < 4.78 is 32.9. The van der Waals surface area contributed by atoms with E-state index in [1.54, 1.807) is 18.0 Å². The van der Waals surface area contributed by atoms with Gasteiger partial charge in [-0.25, -0.2) is 8.78 Å². The predicted molar refractivity (Wildman–Crippen MR) is 63.3 cm³/mol. The molecule has 0 aromatic heterocycles. The van der Waals surface area contributed by atoms with Gasteiger partial charge in [0.2, 0.25) is 0 Å². The summed E-state index contributed by atoms with van der Waals surface area (Å²) in [5.74, 6) is -1.39. The van der Waals surface area contributed by atoms with E-state index >= 15 is 0 Å². The zero-order valence-electron chi connectivity index (χ0n) is 10.1. The standard InChI is InChI=1S/C13H14F2N2O/c1-17(10-2-4-18-5-3-10)13-11(14)6-9(8-16)7-12(13)15/h6-7,10H,2-5H2,1H3. The SMILES string of the molecule is CN(c1c(F)cc(C#N)cc1F)C1CCOCC1. The molecule has 1 saturated heterocycles. The van der Waals surface area contributed by atoms with E-state index in [9.17, 15) is 8.78 Å². The molecular formula is C13H14F2N2O. The number of anilines is 1. The molecule has 1 heterocycles. The number of nitrogens with zero attached hydrogens (tertiary/aromatic N) is 2. The van der Waals surface area contributed by atoms with Crippen LogP contribution in [0.1, 0.15) is 18.4 Å². The lowest BCUT2D eigenvalue weighted by Gasteiger charge is -2.33. The van der Waals surface area contributed by atoms with Crippen LogP contribution >= 0.6 is 0 Å². The molecule has 0 saturated carbocycles. The van der Waals surface area contributed by atoms with E-state index in [-0.39, 0.29) is 17.3 Å². The lowest BCUT2D eigenvalue weighted by atomic mass is 10.1. The van der Waals surface area contributed by atoms with Gasteiger partial charge >= 0.3 is 0 Å². The van der Waals surface area contributed by atoms with Gasteiger partial charge in [-0.2, -0.15) is 5.26 Å². The zero-order chi connectivity index (χ0) is 13.1. The minimum atomic E-state index is -0.694. The predicted octanol–water partition coefficient (Wildman–Crippen LogP) is 2.45. The van der Waals surface area contributed by atoms with Crippen LogP contribution in [0, 0.1) is 23.0 Å². The molecule has 0 unspecified atom stereocenters. The van der Waals surface area contributed by atoms with Crippen molar-refractivity contribution in [2.24, 2.45) is 0 Å². The second-order valence-electron chi connectivity index (χ2n) is 4.35. The van der Waals surface area contributed by atoms with Crippen LogP contribution in [0.3, 0.4) is 0 Å². The molecule has 1 fully saturated rings. The molecule has 0 atom stereocenters. The van der Waals surface area contributed by atoms with Gasteiger partial charge in [-0.3, -0.25) is 0 Å². The lowest BCUT2D eigenvalue weighted by molar-refractivity contribution is 0.0852. The number of rotatable bonds is 2. The summed E-state index contributed by atoms with van der Waals surface area (Å²) in [5.41, 5.74) is -0.0740. The summed E-state index contributed by atoms with van der Waals surface area (Å²) >= 11 is 0. The monoisotopic (exact) mass is 252 g/mol. The van der Waals surface area contributed by atoms with Gasteiger partial charge < -0.3 is 9.64 Å². The number of benzene rings is 1. The van der Waals surface area contributed by atoms with Gasteiger partial charge in [0.25, 0.3) is 0 Å². The number of halogens is 2. The lowest BCUT2D eigenvalue weighted by Crippen LogP contribution is -2.37. The van der Waals surface area contributed by atoms with Crippen molar-refractivity contribution in [2.45, 2.75) is 18.9 Å². The van der Waals surface area contributed by atoms with E-state index in [0.29, 0.717) is 13.2 Å². The molecule has 0 aliphatic carbocycles. The fraction of sp³-hybridized carbons (Fsp3) is 0.462. The van der Waals surface area contributed by atoms with Crippen molar-refractivity contribution >= 4 is 5.69 Å². The largest absolute Gasteiger partial charge is 0.381 e. The molecule has 1 aromatic carbocycles. The molecule has 0 radical (unpaired) electrons. The Morgan fingerprint density at radius 1 is 1.28 bits per heavy atom. The molecule has 1 aromatic rings.